The Bertz CT molecular complexity index is 1930. The average Bonchev–Trinajstić information content (AvgIpc) is 3.75. The highest BCUT2D eigenvalue weighted by Gasteiger charge is 2.31. The highest BCUT2D eigenvalue weighted by Crippen LogP contribution is 2.31. The number of aromatic nitrogens is 2. The first-order valence-electron chi connectivity index (χ1n) is 16.0. The van der Waals surface area contributed by atoms with Crippen molar-refractivity contribution < 1.29 is 14.4 Å². The molecule has 2 fully saturated rings. The van der Waals surface area contributed by atoms with Crippen LogP contribution in [0.1, 0.15) is 12.8 Å². The van der Waals surface area contributed by atoms with E-state index in [9.17, 15) is 14.4 Å². The molecule has 3 aromatic carbocycles. The molecule has 11 nitrogen and oxygen atoms in total. The normalized spacial score (nSPS) is 15.9. The lowest BCUT2D eigenvalue weighted by Gasteiger charge is -2.37. The molecule has 2 N–H and O–H groups in total. The van der Waals surface area contributed by atoms with Crippen molar-refractivity contribution in [2.24, 2.45) is 0 Å². The number of piperazine rings is 2. The molecule has 0 bridgehead atoms. The zero-order valence-corrected chi connectivity index (χ0v) is 28.6. The van der Waals surface area contributed by atoms with Gasteiger partial charge in [-0.05, 0) is 72.0 Å². The second-order valence-electron chi connectivity index (χ2n) is 11.9. The molecule has 4 amide bonds. The minimum atomic E-state index is -0.873. The van der Waals surface area contributed by atoms with Gasteiger partial charge in [-0.2, -0.15) is 8.75 Å². The van der Waals surface area contributed by atoms with E-state index in [0.717, 1.165) is 31.8 Å². The Balaban J connectivity index is 0.979. The smallest absolute Gasteiger partial charge is 0.319 e. The molecule has 0 spiro atoms. The fourth-order valence-corrected chi connectivity index (χ4v) is 8.08. The maximum absolute atomic E-state index is 13.9. The number of hydrogen-bond acceptors (Lipinski definition) is 9. The van der Waals surface area contributed by atoms with Crippen molar-refractivity contribution in [1.29, 1.82) is 0 Å². The molecular weight excluding hydrogens is 668 g/mol. The van der Waals surface area contributed by atoms with Crippen molar-refractivity contribution in [2.75, 3.05) is 67.5 Å². The first kappa shape index (κ1) is 32.1. The Morgan fingerprint density at radius 1 is 0.729 bits per heavy atom. The van der Waals surface area contributed by atoms with Crippen LogP contribution in [0.25, 0.3) is 20.2 Å². The van der Waals surface area contributed by atoms with E-state index in [1.807, 2.05) is 29.2 Å². The predicted molar refractivity (Wildman–Crippen MR) is 193 cm³/mol. The molecule has 14 heteroatoms. The highest BCUT2D eigenvalue weighted by molar-refractivity contribution is 7.14. The minimum absolute atomic E-state index is 0.0344. The largest absolute Gasteiger partial charge is 0.352 e. The first-order chi connectivity index (χ1) is 23.4. The molecule has 1 atom stereocenters. The molecule has 0 saturated carbocycles. The van der Waals surface area contributed by atoms with Gasteiger partial charge in [0.25, 0.3) is 0 Å². The Kier molecular flexibility index (Phi) is 9.59. The lowest BCUT2D eigenvalue weighted by atomic mass is 10.1. The molecular formula is C34H35ClN8O3S2. The summed E-state index contributed by atoms with van der Waals surface area (Å²) in [5.74, 6) is 1.66. The molecule has 1 unspecified atom stereocenters. The van der Waals surface area contributed by atoms with Crippen LogP contribution in [-0.4, -0.2) is 94.8 Å². The molecule has 7 rings (SSSR count). The third-order valence-corrected chi connectivity index (χ3v) is 10.7. The number of halogens is 1. The number of anilines is 3. The van der Waals surface area contributed by atoms with E-state index >= 15 is 0 Å². The molecule has 2 aliphatic rings. The molecule has 2 aromatic heterocycles. The fourth-order valence-electron chi connectivity index (χ4n) is 6.30. The van der Waals surface area contributed by atoms with Crippen LogP contribution >= 0.6 is 34.7 Å². The van der Waals surface area contributed by atoms with Gasteiger partial charge in [0, 0.05) is 80.3 Å². The summed E-state index contributed by atoms with van der Waals surface area (Å²) in [5, 5.41) is 8.35. The summed E-state index contributed by atoms with van der Waals surface area (Å²) in [4.78, 5) is 48.5. The van der Waals surface area contributed by atoms with E-state index in [2.05, 4.69) is 53.4 Å². The van der Waals surface area contributed by atoms with Gasteiger partial charge in [-0.1, -0.05) is 41.9 Å². The van der Waals surface area contributed by atoms with E-state index < -0.39 is 12.1 Å². The van der Waals surface area contributed by atoms with E-state index in [-0.39, 0.29) is 24.7 Å². The van der Waals surface area contributed by atoms with Crippen LogP contribution in [0.15, 0.2) is 72.8 Å². The van der Waals surface area contributed by atoms with Crippen LogP contribution in [0.4, 0.5) is 22.1 Å². The zero-order chi connectivity index (χ0) is 33.0. The molecule has 248 valence electrons. The van der Waals surface area contributed by atoms with Crippen molar-refractivity contribution in [3.63, 3.8) is 0 Å². The third kappa shape index (κ3) is 7.03. The Morgan fingerprint density at radius 2 is 1.29 bits per heavy atom. The van der Waals surface area contributed by atoms with Crippen LogP contribution in [0.3, 0.4) is 0 Å². The molecule has 5 aromatic rings. The van der Waals surface area contributed by atoms with Crippen LogP contribution in [-0.2, 0) is 9.59 Å². The van der Waals surface area contributed by atoms with Crippen LogP contribution in [0, 0.1) is 0 Å². The molecule has 2 saturated heterocycles. The van der Waals surface area contributed by atoms with Crippen LogP contribution in [0.5, 0.6) is 0 Å². The number of rotatable bonds is 8. The van der Waals surface area contributed by atoms with Crippen molar-refractivity contribution in [2.45, 2.75) is 18.9 Å². The summed E-state index contributed by atoms with van der Waals surface area (Å²) in [7, 11) is 0. The van der Waals surface area contributed by atoms with E-state index in [1.54, 1.807) is 29.2 Å². The average molecular weight is 703 g/mol. The molecule has 4 heterocycles. The number of amides is 4. The SMILES string of the molecule is O=C(Nc1cccc(Cl)c1)NC(CCC(=O)N1CCN(c2nsc3ccccc23)CC1)C(=O)N1CCN(c2nsc3ccccc23)CC1. The van der Waals surface area contributed by atoms with Gasteiger partial charge in [0.1, 0.15) is 17.7 Å². The second kappa shape index (κ2) is 14.3. The molecule has 0 radical (unpaired) electrons. The first-order valence-corrected chi connectivity index (χ1v) is 17.9. The van der Waals surface area contributed by atoms with Gasteiger partial charge < -0.3 is 30.2 Å². The fraction of sp³-hybridized carbons (Fsp3) is 0.324. The summed E-state index contributed by atoms with van der Waals surface area (Å²) in [6.45, 7) is 4.72. The van der Waals surface area contributed by atoms with Crippen molar-refractivity contribution >= 4 is 90.0 Å². The topological polar surface area (TPSA) is 114 Å². The van der Waals surface area contributed by atoms with E-state index in [0.29, 0.717) is 63.1 Å². The number of benzene rings is 3. The van der Waals surface area contributed by atoms with Crippen LogP contribution in [0.2, 0.25) is 5.02 Å². The van der Waals surface area contributed by atoms with Gasteiger partial charge in [-0.3, -0.25) is 9.59 Å². The van der Waals surface area contributed by atoms with Gasteiger partial charge in [0.15, 0.2) is 0 Å². The standard InChI is InChI=1S/C34H35ClN8O3S2/c35-23-6-5-7-24(22-23)36-34(46)37-27(33(45)43-20-18-42(19-21-43)32-26-9-2-4-11-29(26)48-39-32)12-13-30(44)40-14-16-41(17-15-40)31-25-8-1-3-10-28(25)47-38-31/h1-11,22,27H,12-21H2,(H2,36,37,46). The lowest BCUT2D eigenvalue weighted by molar-refractivity contribution is -0.134. The predicted octanol–water partition coefficient (Wildman–Crippen LogP) is 5.53. The molecule has 0 aliphatic carbocycles. The number of nitrogens with one attached hydrogen (secondary N) is 2. The van der Waals surface area contributed by atoms with Crippen molar-refractivity contribution in [3.05, 3.63) is 77.8 Å². The summed E-state index contributed by atoms with van der Waals surface area (Å²) < 4.78 is 11.6. The summed E-state index contributed by atoms with van der Waals surface area (Å²) in [6.07, 6.45) is 0.326. The number of hydrogen-bond donors (Lipinski definition) is 2. The maximum atomic E-state index is 13.9. The Hall–Kier alpha value is -4.46. The van der Waals surface area contributed by atoms with Gasteiger partial charge in [0.2, 0.25) is 11.8 Å². The van der Waals surface area contributed by atoms with Gasteiger partial charge in [0.05, 0.1) is 9.40 Å². The lowest BCUT2D eigenvalue weighted by Crippen LogP contribution is -2.56. The number of nitrogens with zero attached hydrogens (tertiary/aromatic N) is 6. The van der Waals surface area contributed by atoms with E-state index in [1.165, 1.54) is 23.1 Å². The van der Waals surface area contributed by atoms with Crippen molar-refractivity contribution in [3.8, 4) is 0 Å². The Morgan fingerprint density at radius 3 is 1.88 bits per heavy atom. The molecule has 48 heavy (non-hydrogen) atoms. The van der Waals surface area contributed by atoms with E-state index in [4.69, 9.17) is 11.6 Å². The number of carbonyl (C=O) groups excluding carboxylic acids is 3. The van der Waals surface area contributed by atoms with Gasteiger partial charge in [-0.25, -0.2) is 4.79 Å². The maximum Gasteiger partial charge on any atom is 0.319 e. The Labute approximate surface area is 291 Å². The van der Waals surface area contributed by atoms with Crippen LogP contribution < -0.4 is 20.4 Å². The van der Waals surface area contributed by atoms with Gasteiger partial charge in [-0.15, -0.1) is 0 Å². The minimum Gasteiger partial charge on any atom is -0.352 e. The second-order valence-corrected chi connectivity index (χ2v) is 13.9. The number of urea groups is 1. The number of carbonyl (C=O) groups is 3. The summed E-state index contributed by atoms with van der Waals surface area (Å²) in [5.41, 5.74) is 0.511. The third-order valence-electron chi connectivity index (χ3n) is 8.87. The summed E-state index contributed by atoms with van der Waals surface area (Å²) in [6, 6.07) is 21.7. The highest BCUT2D eigenvalue weighted by atomic mass is 35.5. The monoisotopic (exact) mass is 702 g/mol. The quantitative estimate of drug-likeness (QED) is 0.219. The molecule has 2 aliphatic heterocycles. The summed E-state index contributed by atoms with van der Waals surface area (Å²) >= 11 is 9.06. The van der Waals surface area contributed by atoms with Gasteiger partial charge >= 0.3 is 6.03 Å². The zero-order valence-electron chi connectivity index (χ0n) is 26.2. The van der Waals surface area contributed by atoms with Crippen molar-refractivity contribution in [1.82, 2.24) is 23.9 Å². The number of fused-ring (bicyclic) bond motifs is 2.